The summed E-state index contributed by atoms with van der Waals surface area (Å²) in [5, 5.41) is 7.21. The summed E-state index contributed by atoms with van der Waals surface area (Å²) in [5.74, 6) is 1.50. The molecule has 0 radical (unpaired) electrons. The van der Waals surface area contributed by atoms with Crippen LogP contribution >= 0.6 is 12.2 Å². The highest BCUT2D eigenvalue weighted by Crippen LogP contribution is 2.29. The molecular formula is C26H31F3N2O2S. The first-order valence-electron chi connectivity index (χ1n) is 11.7. The fraction of sp³-hybridized carbons (Fsp3) is 0.462. The van der Waals surface area contributed by atoms with Gasteiger partial charge >= 0.3 is 6.18 Å². The molecular weight excluding hydrogens is 461 g/mol. The molecule has 2 aromatic carbocycles. The lowest BCUT2D eigenvalue weighted by Crippen LogP contribution is -2.32. The number of halogens is 3. The molecule has 1 aliphatic rings. The van der Waals surface area contributed by atoms with E-state index in [9.17, 15) is 13.2 Å². The van der Waals surface area contributed by atoms with Gasteiger partial charge in [0.15, 0.2) is 0 Å². The molecule has 0 bridgehead atoms. The molecule has 0 heterocycles. The number of rotatable bonds is 11. The maximum atomic E-state index is 12.6. The Labute approximate surface area is 204 Å². The standard InChI is InChI=1S/C26H31F3N2O2S/c27-26(28,29)23-12-8-22(9-13-23)18-33-31-16-4-7-20-10-14-24(15-11-20)32-19-25(34)30-17-21-5-2-1-3-6-21/h8-16,21H,1-7,17-19H2,(H,30,34). The molecule has 1 N–H and O–H groups in total. The van der Waals surface area contributed by atoms with Crippen LogP contribution in [0.4, 0.5) is 13.2 Å². The Morgan fingerprint density at radius 2 is 1.68 bits per heavy atom. The minimum atomic E-state index is -4.33. The van der Waals surface area contributed by atoms with Crippen LogP contribution < -0.4 is 10.1 Å². The van der Waals surface area contributed by atoms with Crippen LogP contribution in [0.1, 0.15) is 55.2 Å². The fourth-order valence-corrected chi connectivity index (χ4v) is 3.98. The molecule has 3 rings (SSSR count). The highest BCUT2D eigenvalue weighted by Gasteiger charge is 2.29. The van der Waals surface area contributed by atoms with Crippen LogP contribution in [0.25, 0.3) is 0 Å². The number of hydrogen-bond donors (Lipinski definition) is 1. The molecule has 0 unspecified atom stereocenters. The minimum absolute atomic E-state index is 0.123. The monoisotopic (exact) mass is 492 g/mol. The molecule has 4 nitrogen and oxygen atoms in total. The third-order valence-electron chi connectivity index (χ3n) is 5.83. The maximum absolute atomic E-state index is 12.6. The van der Waals surface area contributed by atoms with Crippen LogP contribution in [0.2, 0.25) is 0 Å². The van der Waals surface area contributed by atoms with E-state index in [1.54, 1.807) is 6.21 Å². The van der Waals surface area contributed by atoms with Gasteiger partial charge in [-0.15, -0.1) is 0 Å². The van der Waals surface area contributed by atoms with Crippen molar-refractivity contribution in [2.24, 2.45) is 11.1 Å². The van der Waals surface area contributed by atoms with E-state index in [-0.39, 0.29) is 6.61 Å². The largest absolute Gasteiger partial charge is 0.486 e. The smallest absolute Gasteiger partial charge is 0.416 e. The number of hydrogen-bond acceptors (Lipinski definition) is 4. The zero-order chi connectivity index (χ0) is 24.2. The number of nitrogens with one attached hydrogen (secondary N) is 1. The summed E-state index contributed by atoms with van der Waals surface area (Å²) >= 11 is 5.38. The van der Waals surface area contributed by atoms with E-state index in [0.717, 1.165) is 47.3 Å². The lowest BCUT2D eigenvalue weighted by Gasteiger charge is -2.22. The molecule has 0 saturated heterocycles. The number of benzene rings is 2. The van der Waals surface area contributed by atoms with Crippen LogP contribution in [0.3, 0.4) is 0 Å². The van der Waals surface area contributed by atoms with Crippen molar-refractivity contribution in [2.75, 3.05) is 13.2 Å². The van der Waals surface area contributed by atoms with Crippen molar-refractivity contribution in [3.8, 4) is 5.75 Å². The Hall–Kier alpha value is -2.61. The number of alkyl halides is 3. The highest BCUT2D eigenvalue weighted by atomic mass is 32.1. The first-order chi connectivity index (χ1) is 16.4. The quantitative estimate of drug-likeness (QED) is 0.215. The van der Waals surface area contributed by atoms with E-state index in [2.05, 4.69) is 10.5 Å². The average Bonchev–Trinajstić information content (AvgIpc) is 2.84. The predicted octanol–water partition coefficient (Wildman–Crippen LogP) is 6.72. The average molecular weight is 493 g/mol. The van der Waals surface area contributed by atoms with Gasteiger partial charge < -0.3 is 14.9 Å². The van der Waals surface area contributed by atoms with Crippen LogP contribution in [-0.2, 0) is 24.0 Å². The molecule has 2 aromatic rings. The Morgan fingerprint density at radius 1 is 1.00 bits per heavy atom. The van der Waals surface area contributed by atoms with Gasteiger partial charge in [0.2, 0.25) is 0 Å². The molecule has 0 amide bonds. The van der Waals surface area contributed by atoms with E-state index in [0.29, 0.717) is 18.6 Å². The Bertz CT molecular complexity index is 909. The van der Waals surface area contributed by atoms with Gasteiger partial charge in [0.1, 0.15) is 24.0 Å². The van der Waals surface area contributed by atoms with Gasteiger partial charge in [0.25, 0.3) is 0 Å². The van der Waals surface area contributed by atoms with Gasteiger partial charge in [0, 0.05) is 12.8 Å². The molecule has 34 heavy (non-hydrogen) atoms. The number of ether oxygens (including phenoxy) is 1. The number of thiocarbonyl (C=S) groups is 1. The van der Waals surface area contributed by atoms with Crippen LogP contribution in [0, 0.1) is 5.92 Å². The normalized spacial score (nSPS) is 14.8. The van der Waals surface area contributed by atoms with Crippen molar-refractivity contribution in [3.63, 3.8) is 0 Å². The van der Waals surface area contributed by atoms with Crippen molar-refractivity contribution >= 4 is 23.4 Å². The third-order valence-corrected chi connectivity index (χ3v) is 6.09. The minimum Gasteiger partial charge on any atom is -0.486 e. The van der Waals surface area contributed by atoms with Gasteiger partial charge in [-0.3, -0.25) is 0 Å². The van der Waals surface area contributed by atoms with E-state index in [1.165, 1.54) is 44.2 Å². The maximum Gasteiger partial charge on any atom is 0.416 e. The lowest BCUT2D eigenvalue weighted by molar-refractivity contribution is -0.137. The van der Waals surface area contributed by atoms with E-state index in [4.69, 9.17) is 21.8 Å². The van der Waals surface area contributed by atoms with Gasteiger partial charge in [-0.05, 0) is 67.0 Å². The van der Waals surface area contributed by atoms with Gasteiger partial charge in [-0.25, -0.2) is 0 Å². The first-order valence-corrected chi connectivity index (χ1v) is 12.1. The van der Waals surface area contributed by atoms with Gasteiger partial charge in [0.05, 0.1) is 5.56 Å². The topological polar surface area (TPSA) is 42.9 Å². The molecule has 0 aromatic heterocycles. The molecule has 0 atom stereocenters. The van der Waals surface area contributed by atoms with Gasteiger partial charge in [-0.1, -0.05) is 60.9 Å². The summed E-state index contributed by atoms with van der Waals surface area (Å²) < 4.78 is 43.5. The van der Waals surface area contributed by atoms with Crippen LogP contribution in [0.15, 0.2) is 53.7 Å². The Kier molecular flexibility index (Phi) is 10.2. The molecule has 0 aliphatic heterocycles. The molecule has 184 valence electrons. The second-order valence-corrected chi connectivity index (χ2v) is 9.03. The SMILES string of the molecule is FC(F)(F)c1ccc(CON=CCCc2ccc(OCC(=S)NCC3CCCCC3)cc2)cc1. The second kappa shape index (κ2) is 13.3. The Morgan fingerprint density at radius 3 is 2.35 bits per heavy atom. The summed E-state index contributed by atoms with van der Waals surface area (Å²) in [6, 6.07) is 12.7. The summed E-state index contributed by atoms with van der Waals surface area (Å²) in [6.07, 6.45) is 5.36. The second-order valence-electron chi connectivity index (χ2n) is 8.54. The van der Waals surface area contributed by atoms with E-state index in [1.807, 2.05) is 24.3 Å². The van der Waals surface area contributed by atoms with Crippen molar-refractivity contribution in [1.29, 1.82) is 0 Å². The zero-order valence-electron chi connectivity index (χ0n) is 19.2. The van der Waals surface area contributed by atoms with Crippen molar-refractivity contribution in [2.45, 2.75) is 57.7 Å². The number of oxime groups is 1. The summed E-state index contributed by atoms with van der Waals surface area (Å²) in [7, 11) is 0. The third kappa shape index (κ3) is 9.33. The lowest BCUT2D eigenvalue weighted by atomic mass is 9.89. The van der Waals surface area contributed by atoms with Crippen molar-refractivity contribution < 1.29 is 22.7 Å². The predicted molar refractivity (Wildman–Crippen MR) is 132 cm³/mol. The summed E-state index contributed by atoms with van der Waals surface area (Å²) in [6.45, 7) is 1.44. The Balaban J connectivity index is 1.28. The summed E-state index contributed by atoms with van der Waals surface area (Å²) in [4.78, 5) is 5.90. The summed E-state index contributed by atoms with van der Waals surface area (Å²) in [5.41, 5.74) is 1.09. The van der Waals surface area contributed by atoms with Crippen molar-refractivity contribution in [3.05, 3.63) is 65.2 Å². The molecule has 1 saturated carbocycles. The first kappa shape index (κ1) is 26.0. The number of nitrogens with zero attached hydrogens (tertiary/aromatic N) is 1. The fourth-order valence-electron chi connectivity index (χ4n) is 3.84. The van der Waals surface area contributed by atoms with E-state index < -0.39 is 11.7 Å². The highest BCUT2D eigenvalue weighted by molar-refractivity contribution is 7.80. The van der Waals surface area contributed by atoms with Crippen LogP contribution in [0.5, 0.6) is 5.75 Å². The van der Waals surface area contributed by atoms with Gasteiger partial charge in [-0.2, -0.15) is 13.2 Å². The van der Waals surface area contributed by atoms with Crippen molar-refractivity contribution in [1.82, 2.24) is 5.32 Å². The van der Waals surface area contributed by atoms with E-state index >= 15 is 0 Å². The van der Waals surface area contributed by atoms with Crippen LogP contribution in [-0.4, -0.2) is 24.4 Å². The number of aryl methyl sites for hydroxylation is 1. The zero-order valence-corrected chi connectivity index (χ0v) is 20.0. The molecule has 1 fully saturated rings. The molecule has 0 spiro atoms. The molecule has 1 aliphatic carbocycles. The molecule has 8 heteroatoms.